The monoisotopic (exact) mass is 343 g/mol. The number of halogens is 1. The molecule has 2 nitrogen and oxygen atoms in total. The third-order valence-corrected chi connectivity index (χ3v) is 4.95. The number of carbonyl (C=O) groups is 1. The summed E-state index contributed by atoms with van der Waals surface area (Å²) in [6.07, 6.45) is 4.33. The lowest BCUT2D eigenvalue weighted by Crippen LogP contribution is -2.43. The first-order chi connectivity index (χ1) is 10.2. The molecule has 2 aromatic rings. The number of hydrogen-bond donors (Lipinski definition) is 1. The topological polar surface area (TPSA) is 29.1 Å². The first-order valence-electron chi connectivity index (χ1n) is 7.34. The molecule has 0 aromatic heterocycles. The molecule has 0 aliphatic heterocycles. The molecule has 1 N–H and O–H groups in total. The SMILES string of the molecule is O=C(NC1(c2ccccc2)CCCC1)c1ccccc1Br. The van der Waals surface area contributed by atoms with Crippen LogP contribution in [0.1, 0.15) is 41.6 Å². The highest BCUT2D eigenvalue weighted by atomic mass is 79.9. The Balaban J connectivity index is 1.90. The molecule has 1 amide bonds. The Hall–Kier alpha value is -1.61. The number of hydrogen-bond acceptors (Lipinski definition) is 1. The van der Waals surface area contributed by atoms with Crippen molar-refractivity contribution in [2.75, 3.05) is 0 Å². The van der Waals surface area contributed by atoms with Crippen LogP contribution in [0.3, 0.4) is 0 Å². The van der Waals surface area contributed by atoms with Gasteiger partial charge in [0.05, 0.1) is 11.1 Å². The van der Waals surface area contributed by atoms with Crippen LogP contribution in [0.4, 0.5) is 0 Å². The summed E-state index contributed by atoms with van der Waals surface area (Å²) in [5.74, 6) is -0.00627. The molecule has 3 rings (SSSR count). The first-order valence-corrected chi connectivity index (χ1v) is 8.13. The van der Waals surface area contributed by atoms with Crippen molar-refractivity contribution in [2.45, 2.75) is 31.2 Å². The third-order valence-electron chi connectivity index (χ3n) is 4.25. The Morgan fingerprint density at radius 1 is 0.952 bits per heavy atom. The zero-order chi connectivity index (χ0) is 14.7. The number of amides is 1. The summed E-state index contributed by atoms with van der Waals surface area (Å²) in [5, 5.41) is 3.30. The summed E-state index contributed by atoms with van der Waals surface area (Å²) in [4.78, 5) is 12.7. The van der Waals surface area contributed by atoms with E-state index in [1.165, 1.54) is 5.56 Å². The van der Waals surface area contributed by atoms with Crippen LogP contribution in [0.2, 0.25) is 0 Å². The molecule has 3 heteroatoms. The summed E-state index contributed by atoms with van der Waals surface area (Å²) in [6, 6.07) is 17.9. The molecule has 0 bridgehead atoms. The van der Waals surface area contributed by atoms with Crippen LogP contribution in [0, 0.1) is 0 Å². The van der Waals surface area contributed by atoms with Gasteiger partial charge in [-0.1, -0.05) is 55.3 Å². The molecule has 2 aromatic carbocycles. The second-order valence-corrected chi connectivity index (χ2v) is 6.44. The van der Waals surface area contributed by atoms with E-state index in [1.54, 1.807) is 0 Å². The van der Waals surface area contributed by atoms with Gasteiger partial charge in [0.1, 0.15) is 0 Å². The quantitative estimate of drug-likeness (QED) is 0.863. The van der Waals surface area contributed by atoms with Gasteiger partial charge in [0, 0.05) is 4.47 Å². The zero-order valence-electron chi connectivity index (χ0n) is 11.8. The largest absolute Gasteiger partial charge is 0.342 e. The average molecular weight is 344 g/mol. The summed E-state index contributed by atoms with van der Waals surface area (Å²) < 4.78 is 0.837. The van der Waals surface area contributed by atoms with E-state index in [9.17, 15) is 4.79 Å². The van der Waals surface area contributed by atoms with Gasteiger partial charge in [0.2, 0.25) is 0 Å². The normalized spacial score (nSPS) is 16.6. The number of nitrogens with one attached hydrogen (secondary N) is 1. The molecule has 1 saturated carbocycles. The van der Waals surface area contributed by atoms with Crippen molar-refractivity contribution >= 4 is 21.8 Å². The molecule has 1 fully saturated rings. The van der Waals surface area contributed by atoms with Crippen LogP contribution in [0.5, 0.6) is 0 Å². The van der Waals surface area contributed by atoms with E-state index in [-0.39, 0.29) is 11.4 Å². The van der Waals surface area contributed by atoms with Crippen molar-refractivity contribution in [3.8, 4) is 0 Å². The van der Waals surface area contributed by atoms with Crippen LogP contribution in [-0.2, 0) is 5.54 Å². The minimum absolute atomic E-state index is 0.00627. The van der Waals surface area contributed by atoms with Gasteiger partial charge in [-0.3, -0.25) is 4.79 Å². The molecule has 0 atom stereocenters. The van der Waals surface area contributed by atoms with E-state index >= 15 is 0 Å². The van der Waals surface area contributed by atoms with Gasteiger partial charge in [0.15, 0.2) is 0 Å². The molecule has 1 aliphatic carbocycles. The molecule has 0 saturated heterocycles. The summed E-state index contributed by atoms with van der Waals surface area (Å²) >= 11 is 3.46. The van der Waals surface area contributed by atoms with E-state index in [0.717, 1.165) is 30.2 Å². The second kappa shape index (κ2) is 6.02. The summed E-state index contributed by atoms with van der Waals surface area (Å²) in [5.41, 5.74) is 1.69. The summed E-state index contributed by atoms with van der Waals surface area (Å²) in [6.45, 7) is 0. The number of carbonyl (C=O) groups excluding carboxylic acids is 1. The first kappa shape index (κ1) is 14.3. The maximum atomic E-state index is 12.7. The molecule has 0 spiro atoms. The molecule has 0 unspecified atom stereocenters. The van der Waals surface area contributed by atoms with Crippen molar-refractivity contribution in [1.82, 2.24) is 5.32 Å². The molecule has 21 heavy (non-hydrogen) atoms. The molecule has 108 valence electrons. The van der Waals surface area contributed by atoms with E-state index < -0.39 is 0 Å². The zero-order valence-corrected chi connectivity index (χ0v) is 13.4. The van der Waals surface area contributed by atoms with E-state index in [1.807, 2.05) is 42.5 Å². The predicted octanol–water partition coefficient (Wildman–Crippen LogP) is 4.65. The van der Waals surface area contributed by atoms with Gasteiger partial charge in [-0.15, -0.1) is 0 Å². The highest BCUT2D eigenvalue weighted by Crippen LogP contribution is 2.39. The van der Waals surface area contributed by atoms with Crippen molar-refractivity contribution in [3.63, 3.8) is 0 Å². The lowest BCUT2D eigenvalue weighted by Gasteiger charge is -2.31. The molecular formula is C18H18BrNO. The Labute approximate surface area is 133 Å². The Kier molecular flexibility index (Phi) is 4.11. The van der Waals surface area contributed by atoms with Crippen molar-refractivity contribution in [3.05, 3.63) is 70.2 Å². The number of benzene rings is 2. The Morgan fingerprint density at radius 3 is 2.24 bits per heavy atom. The van der Waals surface area contributed by atoms with Crippen LogP contribution < -0.4 is 5.32 Å². The molecule has 1 aliphatic rings. The minimum atomic E-state index is -0.215. The van der Waals surface area contributed by atoms with Crippen LogP contribution >= 0.6 is 15.9 Å². The third kappa shape index (κ3) is 2.88. The standard InChI is InChI=1S/C18H18BrNO/c19-16-11-5-4-10-15(16)17(21)20-18(12-6-7-13-18)14-8-2-1-3-9-14/h1-5,8-11H,6-7,12-13H2,(H,20,21). The maximum absolute atomic E-state index is 12.7. The van der Waals surface area contributed by atoms with Gasteiger partial charge in [-0.2, -0.15) is 0 Å². The lowest BCUT2D eigenvalue weighted by molar-refractivity contribution is 0.0897. The summed E-state index contributed by atoms with van der Waals surface area (Å²) in [7, 11) is 0. The number of rotatable bonds is 3. The molecular weight excluding hydrogens is 326 g/mol. The Bertz CT molecular complexity index is 633. The van der Waals surface area contributed by atoms with Gasteiger partial charge < -0.3 is 5.32 Å². The lowest BCUT2D eigenvalue weighted by atomic mass is 9.88. The fraction of sp³-hybridized carbons (Fsp3) is 0.278. The maximum Gasteiger partial charge on any atom is 0.253 e. The second-order valence-electron chi connectivity index (χ2n) is 5.59. The van der Waals surface area contributed by atoms with Gasteiger partial charge >= 0.3 is 0 Å². The Morgan fingerprint density at radius 2 is 1.57 bits per heavy atom. The smallest absolute Gasteiger partial charge is 0.253 e. The minimum Gasteiger partial charge on any atom is -0.342 e. The van der Waals surface area contributed by atoms with E-state index in [2.05, 4.69) is 33.4 Å². The van der Waals surface area contributed by atoms with Gasteiger partial charge in [-0.05, 0) is 46.5 Å². The van der Waals surface area contributed by atoms with Crippen molar-refractivity contribution < 1.29 is 4.79 Å². The molecule has 0 heterocycles. The van der Waals surface area contributed by atoms with Gasteiger partial charge in [0.25, 0.3) is 5.91 Å². The van der Waals surface area contributed by atoms with E-state index in [4.69, 9.17) is 0 Å². The van der Waals surface area contributed by atoms with Crippen LogP contribution in [0.25, 0.3) is 0 Å². The molecule has 0 radical (unpaired) electrons. The highest BCUT2D eigenvalue weighted by molar-refractivity contribution is 9.10. The fourth-order valence-electron chi connectivity index (χ4n) is 3.15. The average Bonchev–Trinajstić information content (AvgIpc) is 2.98. The predicted molar refractivity (Wildman–Crippen MR) is 88.2 cm³/mol. The highest BCUT2D eigenvalue weighted by Gasteiger charge is 2.37. The van der Waals surface area contributed by atoms with Crippen molar-refractivity contribution in [1.29, 1.82) is 0 Å². The van der Waals surface area contributed by atoms with Gasteiger partial charge in [-0.25, -0.2) is 0 Å². The fourth-order valence-corrected chi connectivity index (χ4v) is 3.62. The van der Waals surface area contributed by atoms with Crippen molar-refractivity contribution in [2.24, 2.45) is 0 Å². The van der Waals surface area contributed by atoms with E-state index in [0.29, 0.717) is 5.56 Å². The van der Waals surface area contributed by atoms with Crippen LogP contribution in [0.15, 0.2) is 59.1 Å². The van der Waals surface area contributed by atoms with Crippen LogP contribution in [-0.4, -0.2) is 5.91 Å².